The molecule has 0 unspecified atom stereocenters. The maximum absolute atomic E-state index is 12.0. The number of fused-ring (bicyclic) bond motifs is 1. The first kappa shape index (κ1) is 10.6. The molecule has 2 aromatic rings. The Bertz CT molecular complexity index is 547. The average Bonchev–Trinajstić information content (AvgIpc) is 2.26. The zero-order chi connectivity index (χ0) is 11.7. The van der Waals surface area contributed by atoms with E-state index >= 15 is 0 Å². The van der Waals surface area contributed by atoms with Crippen LogP contribution in [0.4, 0.5) is 0 Å². The summed E-state index contributed by atoms with van der Waals surface area (Å²) in [6.45, 7) is 1.90. The average molecular weight is 214 g/mol. The summed E-state index contributed by atoms with van der Waals surface area (Å²) in [6.07, 6.45) is 0. The van der Waals surface area contributed by atoms with Crippen LogP contribution in [0.2, 0.25) is 0 Å². The third kappa shape index (κ3) is 1.76. The molecular weight excluding hydrogens is 200 g/mol. The van der Waals surface area contributed by atoms with Gasteiger partial charge in [-0.25, -0.2) is 4.98 Å². The monoisotopic (exact) mass is 214 g/mol. The lowest BCUT2D eigenvalue weighted by atomic mass is 10.1. The van der Waals surface area contributed by atoms with E-state index in [0.717, 1.165) is 16.5 Å². The molecule has 0 aliphatic rings. The number of hydrogen-bond donors (Lipinski definition) is 0. The van der Waals surface area contributed by atoms with Crippen LogP contribution in [-0.2, 0) is 0 Å². The Hall–Kier alpha value is -1.90. The first-order valence-corrected chi connectivity index (χ1v) is 5.17. The molecule has 0 bridgehead atoms. The fourth-order valence-corrected chi connectivity index (χ4v) is 1.71. The molecule has 3 nitrogen and oxygen atoms in total. The zero-order valence-electron chi connectivity index (χ0n) is 9.69. The highest BCUT2D eigenvalue weighted by Gasteiger charge is 2.13. The first-order chi connectivity index (χ1) is 7.59. The van der Waals surface area contributed by atoms with Gasteiger partial charge in [-0.2, -0.15) is 0 Å². The molecule has 0 radical (unpaired) electrons. The topological polar surface area (TPSA) is 33.2 Å². The lowest BCUT2D eigenvalue weighted by molar-refractivity contribution is 0.0824. The number of carbonyl (C=O) groups excluding carboxylic acids is 1. The number of aromatic nitrogens is 1. The Morgan fingerprint density at radius 3 is 2.62 bits per heavy atom. The molecule has 0 spiro atoms. The van der Waals surface area contributed by atoms with E-state index < -0.39 is 0 Å². The summed E-state index contributed by atoms with van der Waals surface area (Å²) in [4.78, 5) is 17.9. The van der Waals surface area contributed by atoms with Gasteiger partial charge in [0.15, 0.2) is 0 Å². The Labute approximate surface area is 94.7 Å². The van der Waals surface area contributed by atoms with Gasteiger partial charge in [0.1, 0.15) is 5.69 Å². The number of nitrogens with zero attached hydrogens (tertiary/aromatic N) is 2. The van der Waals surface area contributed by atoms with E-state index in [4.69, 9.17) is 0 Å². The molecule has 2 rings (SSSR count). The van der Waals surface area contributed by atoms with Gasteiger partial charge in [-0.1, -0.05) is 24.3 Å². The second kappa shape index (κ2) is 3.93. The molecule has 0 aliphatic heterocycles. The molecule has 0 saturated heterocycles. The van der Waals surface area contributed by atoms with Crippen molar-refractivity contribution in [3.63, 3.8) is 0 Å². The molecule has 0 N–H and O–H groups in total. The molecule has 1 amide bonds. The number of hydrogen-bond acceptors (Lipinski definition) is 2. The molecule has 0 saturated carbocycles. The van der Waals surface area contributed by atoms with E-state index in [-0.39, 0.29) is 5.91 Å². The van der Waals surface area contributed by atoms with Gasteiger partial charge in [0.2, 0.25) is 0 Å². The Morgan fingerprint density at radius 1 is 1.25 bits per heavy atom. The smallest absolute Gasteiger partial charge is 0.272 e. The van der Waals surface area contributed by atoms with Gasteiger partial charge in [0.25, 0.3) is 5.91 Å². The SMILES string of the molecule is Cc1cc2ccccc2c(C(=O)N(C)C)n1. The molecular formula is C13H14N2O. The minimum Gasteiger partial charge on any atom is -0.343 e. The van der Waals surface area contributed by atoms with E-state index in [1.807, 2.05) is 37.3 Å². The van der Waals surface area contributed by atoms with Gasteiger partial charge in [0, 0.05) is 25.2 Å². The van der Waals surface area contributed by atoms with Crippen molar-refractivity contribution >= 4 is 16.7 Å². The lowest BCUT2D eigenvalue weighted by Gasteiger charge is -2.12. The van der Waals surface area contributed by atoms with Crippen molar-refractivity contribution in [2.24, 2.45) is 0 Å². The molecule has 1 heterocycles. The predicted octanol–water partition coefficient (Wildman–Crippen LogP) is 2.25. The van der Waals surface area contributed by atoms with Crippen molar-refractivity contribution < 1.29 is 4.79 Å². The molecule has 3 heteroatoms. The van der Waals surface area contributed by atoms with Gasteiger partial charge < -0.3 is 4.90 Å². The normalized spacial score (nSPS) is 10.4. The summed E-state index contributed by atoms with van der Waals surface area (Å²) in [5.74, 6) is -0.0556. The molecule has 0 aliphatic carbocycles. The third-order valence-corrected chi connectivity index (χ3v) is 2.48. The summed E-state index contributed by atoms with van der Waals surface area (Å²) >= 11 is 0. The quantitative estimate of drug-likeness (QED) is 0.729. The molecule has 82 valence electrons. The summed E-state index contributed by atoms with van der Waals surface area (Å²) in [6, 6.07) is 9.80. The Balaban J connectivity index is 2.72. The van der Waals surface area contributed by atoms with Crippen molar-refractivity contribution in [1.82, 2.24) is 9.88 Å². The highest BCUT2D eigenvalue weighted by atomic mass is 16.2. The number of benzene rings is 1. The van der Waals surface area contributed by atoms with Gasteiger partial charge in [-0.05, 0) is 18.4 Å². The van der Waals surface area contributed by atoms with Gasteiger partial charge in [-0.3, -0.25) is 4.79 Å². The molecule has 16 heavy (non-hydrogen) atoms. The van der Waals surface area contributed by atoms with Crippen molar-refractivity contribution in [3.05, 3.63) is 41.7 Å². The van der Waals surface area contributed by atoms with Crippen LogP contribution >= 0.6 is 0 Å². The highest BCUT2D eigenvalue weighted by molar-refractivity contribution is 6.05. The highest BCUT2D eigenvalue weighted by Crippen LogP contribution is 2.18. The Kier molecular flexibility index (Phi) is 2.60. The molecule has 0 atom stereocenters. The summed E-state index contributed by atoms with van der Waals surface area (Å²) < 4.78 is 0. The van der Waals surface area contributed by atoms with Gasteiger partial charge >= 0.3 is 0 Å². The number of rotatable bonds is 1. The van der Waals surface area contributed by atoms with E-state index in [2.05, 4.69) is 4.98 Å². The van der Waals surface area contributed by atoms with Gasteiger partial charge in [0.05, 0.1) is 0 Å². The first-order valence-electron chi connectivity index (χ1n) is 5.17. The number of pyridine rings is 1. The largest absolute Gasteiger partial charge is 0.343 e. The summed E-state index contributed by atoms with van der Waals surface area (Å²) in [5, 5.41) is 1.96. The van der Waals surface area contributed by atoms with E-state index in [1.54, 1.807) is 19.0 Å². The van der Waals surface area contributed by atoms with Crippen molar-refractivity contribution in [2.75, 3.05) is 14.1 Å². The molecule has 1 aromatic heterocycles. The van der Waals surface area contributed by atoms with Crippen LogP contribution < -0.4 is 0 Å². The molecule has 1 aromatic carbocycles. The summed E-state index contributed by atoms with van der Waals surface area (Å²) in [5.41, 5.74) is 1.39. The minimum atomic E-state index is -0.0556. The van der Waals surface area contributed by atoms with Crippen LogP contribution in [0, 0.1) is 6.92 Å². The van der Waals surface area contributed by atoms with Gasteiger partial charge in [-0.15, -0.1) is 0 Å². The number of aryl methyl sites for hydroxylation is 1. The minimum absolute atomic E-state index is 0.0556. The van der Waals surface area contributed by atoms with Crippen molar-refractivity contribution in [1.29, 1.82) is 0 Å². The second-order valence-corrected chi connectivity index (χ2v) is 4.03. The Morgan fingerprint density at radius 2 is 1.94 bits per heavy atom. The van der Waals surface area contributed by atoms with Crippen LogP contribution in [-0.4, -0.2) is 29.9 Å². The standard InChI is InChI=1S/C13H14N2O/c1-9-8-10-6-4-5-7-11(10)12(14-9)13(16)15(2)3/h4-8H,1-3H3. The maximum atomic E-state index is 12.0. The second-order valence-electron chi connectivity index (χ2n) is 4.03. The predicted molar refractivity (Wildman–Crippen MR) is 64.5 cm³/mol. The van der Waals surface area contributed by atoms with Crippen molar-refractivity contribution in [2.45, 2.75) is 6.92 Å². The van der Waals surface area contributed by atoms with Crippen LogP contribution in [0.1, 0.15) is 16.2 Å². The van der Waals surface area contributed by atoms with Crippen molar-refractivity contribution in [3.8, 4) is 0 Å². The molecule has 0 fully saturated rings. The zero-order valence-corrected chi connectivity index (χ0v) is 9.69. The van der Waals surface area contributed by atoms with Crippen LogP contribution in [0.3, 0.4) is 0 Å². The fraction of sp³-hybridized carbons (Fsp3) is 0.231. The maximum Gasteiger partial charge on any atom is 0.272 e. The van der Waals surface area contributed by atoms with E-state index in [0.29, 0.717) is 5.69 Å². The van der Waals surface area contributed by atoms with Crippen LogP contribution in [0.25, 0.3) is 10.8 Å². The fourth-order valence-electron chi connectivity index (χ4n) is 1.71. The van der Waals surface area contributed by atoms with E-state index in [1.165, 1.54) is 0 Å². The number of amides is 1. The summed E-state index contributed by atoms with van der Waals surface area (Å²) in [7, 11) is 3.47. The van der Waals surface area contributed by atoms with Crippen LogP contribution in [0.5, 0.6) is 0 Å². The lowest BCUT2D eigenvalue weighted by Crippen LogP contribution is -2.23. The third-order valence-electron chi connectivity index (χ3n) is 2.48. The number of carbonyl (C=O) groups is 1. The van der Waals surface area contributed by atoms with E-state index in [9.17, 15) is 4.79 Å². The van der Waals surface area contributed by atoms with Crippen LogP contribution in [0.15, 0.2) is 30.3 Å².